The van der Waals surface area contributed by atoms with E-state index in [-0.39, 0.29) is 11.9 Å². The average molecular weight is 386 g/mol. The van der Waals surface area contributed by atoms with Crippen molar-refractivity contribution in [2.45, 2.75) is 77.6 Å². The highest BCUT2D eigenvalue weighted by Gasteiger charge is 2.41. The van der Waals surface area contributed by atoms with Gasteiger partial charge in [0.1, 0.15) is 11.5 Å². The van der Waals surface area contributed by atoms with Crippen molar-refractivity contribution in [3.05, 3.63) is 29.0 Å². The van der Waals surface area contributed by atoms with Crippen LogP contribution in [0.2, 0.25) is 0 Å². The molecule has 1 aliphatic heterocycles. The summed E-state index contributed by atoms with van der Waals surface area (Å²) in [5.74, 6) is 0.371. The maximum absolute atomic E-state index is 10.9. The number of nitrogens with zero attached hydrogens (tertiary/aromatic N) is 1. The molecule has 1 fully saturated rings. The number of aromatic nitrogens is 1. The zero-order valence-corrected chi connectivity index (χ0v) is 17.2. The van der Waals surface area contributed by atoms with Crippen molar-refractivity contribution in [3.63, 3.8) is 0 Å². The molecule has 2 aliphatic rings. The van der Waals surface area contributed by atoms with Gasteiger partial charge in [-0.15, -0.1) is 0 Å². The lowest BCUT2D eigenvalue weighted by molar-refractivity contribution is -0.163. The highest BCUT2D eigenvalue weighted by atomic mass is 16.7. The normalized spacial score (nSPS) is 19.1. The van der Waals surface area contributed by atoms with E-state index in [0.717, 1.165) is 47.8 Å². The summed E-state index contributed by atoms with van der Waals surface area (Å²) in [5.41, 5.74) is 4.12. The van der Waals surface area contributed by atoms with Crippen molar-refractivity contribution in [2.75, 3.05) is 13.2 Å². The van der Waals surface area contributed by atoms with Gasteiger partial charge in [-0.25, -0.2) is 0 Å². The number of aryl methyl sites for hydroxylation is 1. The van der Waals surface area contributed by atoms with Crippen LogP contribution in [0, 0.1) is 6.92 Å². The van der Waals surface area contributed by atoms with Crippen LogP contribution in [0.15, 0.2) is 12.1 Å². The van der Waals surface area contributed by atoms with E-state index in [0.29, 0.717) is 25.4 Å². The van der Waals surface area contributed by atoms with Gasteiger partial charge in [0, 0.05) is 36.1 Å². The fraction of sp³-hybridized carbons (Fsp3) is 0.609. The van der Waals surface area contributed by atoms with Gasteiger partial charge in [-0.05, 0) is 44.2 Å². The molecule has 1 aliphatic carbocycles. The Balaban J connectivity index is 1.66. The molecule has 1 atom stereocenters. The number of unbranched alkanes of at least 4 members (excludes halogenated alkanes) is 2. The number of ether oxygens (including phenoxy) is 3. The van der Waals surface area contributed by atoms with E-state index in [2.05, 4.69) is 13.8 Å². The molecule has 1 spiro atoms. The molecule has 5 nitrogen and oxygen atoms in total. The molecule has 2 aromatic rings. The number of rotatable bonds is 6. The van der Waals surface area contributed by atoms with Crippen molar-refractivity contribution < 1.29 is 19.3 Å². The van der Waals surface area contributed by atoms with Gasteiger partial charge >= 0.3 is 0 Å². The van der Waals surface area contributed by atoms with Gasteiger partial charge < -0.3 is 19.3 Å². The second-order valence-electron chi connectivity index (χ2n) is 8.20. The van der Waals surface area contributed by atoms with Gasteiger partial charge in [0.25, 0.3) is 0 Å². The first-order valence-corrected chi connectivity index (χ1v) is 10.6. The Bertz CT molecular complexity index is 858. The number of hydrogen-bond donors (Lipinski definition) is 1. The zero-order chi connectivity index (χ0) is 19.7. The fourth-order valence-electron chi connectivity index (χ4n) is 4.59. The molecule has 152 valence electrons. The second kappa shape index (κ2) is 7.88. The third-order valence-electron chi connectivity index (χ3n) is 6.03. The molecule has 0 saturated carbocycles. The molecule has 4 rings (SSSR count). The van der Waals surface area contributed by atoms with E-state index in [1.165, 1.54) is 18.4 Å². The summed E-state index contributed by atoms with van der Waals surface area (Å²) < 4.78 is 18.0. The monoisotopic (exact) mass is 385 g/mol. The summed E-state index contributed by atoms with van der Waals surface area (Å²) in [4.78, 5) is 4.79. The lowest BCUT2D eigenvalue weighted by Gasteiger charge is -2.34. The Morgan fingerprint density at radius 3 is 2.75 bits per heavy atom. The van der Waals surface area contributed by atoms with Crippen LogP contribution >= 0.6 is 0 Å². The van der Waals surface area contributed by atoms with Gasteiger partial charge in [0.05, 0.1) is 24.8 Å². The molecule has 0 radical (unpaired) electrons. The molecular weight excluding hydrogens is 354 g/mol. The lowest BCUT2D eigenvalue weighted by atomic mass is 9.84. The fourth-order valence-corrected chi connectivity index (χ4v) is 4.59. The first-order chi connectivity index (χ1) is 13.5. The predicted molar refractivity (Wildman–Crippen MR) is 109 cm³/mol. The maximum Gasteiger partial charge on any atom is 0.172 e. The minimum atomic E-state index is -0.539. The molecule has 1 saturated heterocycles. The Hall–Kier alpha value is -1.85. The smallest absolute Gasteiger partial charge is 0.172 e. The standard InChI is InChI=1S/C23H31NO4/c1-4-5-6-7-15(2)28-17-12-20-22(21(25)13-17)19-14-23(26-10-11-27-23)9-8-18(19)16(3)24-20/h12-13,15,25H,4-11,14H2,1-3H3. The quantitative estimate of drug-likeness (QED) is 0.722. The van der Waals surface area contributed by atoms with Crippen LogP contribution in [0.5, 0.6) is 11.5 Å². The largest absolute Gasteiger partial charge is 0.507 e. The molecule has 2 heterocycles. The van der Waals surface area contributed by atoms with E-state index in [1.807, 2.05) is 13.0 Å². The van der Waals surface area contributed by atoms with Crippen molar-refractivity contribution in [1.82, 2.24) is 4.98 Å². The van der Waals surface area contributed by atoms with Crippen LogP contribution in [-0.4, -0.2) is 35.2 Å². The third-order valence-corrected chi connectivity index (χ3v) is 6.03. The average Bonchev–Trinajstić information content (AvgIpc) is 3.09. The van der Waals surface area contributed by atoms with Crippen molar-refractivity contribution >= 4 is 10.9 Å². The summed E-state index contributed by atoms with van der Waals surface area (Å²) in [5, 5.41) is 11.7. The molecule has 1 N–H and O–H groups in total. The van der Waals surface area contributed by atoms with Gasteiger partial charge in [-0.1, -0.05) is 19.8 Å². The van der Waals surface area contributed by atoms with E-state index in [1.54, 1.807) is 6.07 Å². The van der Waals surface area contributed by atoms with Crippen molar-refractivity contribution in [3.8, 4) is 11.5 Å². The molecular formula is C23H31NO4. The number of pyridine rings is 1. The van der Waals surface area contributed by atoms with Crippen LogP contribution < -0.4 is 4.74 Å². The zero-order valence-electron chi connectivity index (χ0n) is 17.2. The topological polar surface area (TPSA) is 60.8 Å². The minimum Gasteiger partial charge on any atom is -0.507 e. The van der Waals surface area contributed by atoms with Gasteiger partial charge in [0.15, 0.2) is 5.79 Å². The number of hydrogen-bond acceptors (Lipinski definition) is 5. The van der Waals surface area contributed by atoms with Crippen molar-refractivity contribution in [2.24, 2.45) is 0 Å². The summed E-state index contributed by atoms with van der Waals surface area (Å²) in [6, 6.07) is 3.68. The summed E-state index contributed by atoms with van der Waals surface area (Å²) >= 11 is 0. The number of phenolic OH excluding ortho intramolecular Hbond substituents is 1. The first-order valence-electron chi connectivity index (χ1n) is 10.6. The maximum atomic E-state index is 10.9. The van der Waals surface area contributed by atoms with Gasteiger partial charge in [-0.3, -0.25) is 4.98 Å². The molecule has 28 heavy (non-hydrogen) atoms. The molecule has 1 aromatic heterocycles. The van der Waals surface area contributed by atoms with Crippen LogP contribution in [0.1, 0.15) is 62.8 Å². The Kier molecular flexibility index (Phi) is 5.48. The second-order valence-corrected chi connectivity index (χ2v) is 8.20. The van der Waals surface area contributed by atoms with Gasteiger partial charge in [0.2, 0.25) is 0 Å². The van der Waals surface area contributed by atoms with Crippen LogP contribution in [0.4, 0.5) is 0 Å². The Morgan fingerprint density at radius 2 is 2.00 bits per heavy atom. The summed E-state index contributed by atoms with van der Waals surface area (Å²) in [7, 11) is 0. The number of aromatic hydroxyl groups is 1. The van der Waals surface area contributed by atoms with E-state index in [9.17, 15) is 5.11 Å². The SMILES string of the molecule is CCCCCC(C)Oc1cc(O)c2c3c(c(C)nc2c1)CCC1(C3)OCCO1. The van der Waals surface area contributed by atoms with E-state index in [4.69, 9.17) is 19.2 Å². The highest BCUT2D eigenvalue weighted by molar-refractivity contribution is 5.91. The van der Waals surface area contributed by atoms with E-state index >= 15 is 0 Å². The summed E-state index contributed by atoms with van der Waals surface area (Å²) in [6.45, 7) is 7.60. The number of phenols is 1. The molecule has 0 amide bonds. The van der Waals surface area contributed by atoms with Gasteiger partial charge in [-0.2, -0.15) is 0 Å². The molecule has 0 bridgehead atoms. The molecule has 1 aromatic carbocycles. The lowest BCUT2D eigenvalue weighted by Crippen LogP contribution is -2.37. The van der Waals surface area contributed by atoms with Crippen LogP contribution in [0.25, 0.3) is 10.9 Å². The Morgan fingerprint density at radius 1 is 1.21 bits per heavy atom. The van der Waals surface area contributed by atoms with Crippen molar-refractivity contribution in [1.29, 1.82) is 0 Å². The molecule has 1 unspecified atom stereocenters. The first kappa shape index (κ1) is 19.5. The summed E-state index contributed by atoms with van der Waals surface area (Å²) in [6.07, 6.45) is 7.06. The minimum absolute atomic E-state index is 0.116. The van der Waals surface area contributed by atoms with E-state index < -0.39 is 5.79 Å². The number of fused-ring (bicyclic) bond motifs is 3. The third kappa shape index (κ3) is 3.70. The van der Waals surface area contributed by atoms with Crippen LogP contribution in [0.3, 0.4) is 0 Å². The Labute approximate surface area is 167 Å². The predicted octanol–water partition coefficient (Wildman–Crippen LogP) is 4.83. The highest BCUT2D eigenvalue weighted by Crippen LogP contribution is 2.42. The number of benzene rings is 1. The molecule has 5 heteroatoms. The van der Waals surface area contributed by atoms with Crippen LogP contribution in [-0.2, 0) is 22.3 Å².